The number of nitrogens with zero attached hydrogens (tertiary/aromatic N) is 3. The van der Waals surface area contributed by atoms with Crippen LogP contribution in [0.2, 0.25) is 0 Å². The van der Waals surface area contributed by atoms with Crippen molar-refractivity contribution in [2.75, 3.05) is 6.54 Å². The van der Waals surface area contributed by atoms with Gasteiger partial charge in [0, 0.05) is 24.7 Å². The van der Waals surface area contributed by atoms with E-state index in [0.717, 1.165) is 18.5 Å². The van der Waals surface area contributed by atoms with Crippen LogP contribution in [0, 0.1) is 11.3 Å². The van der Waals surface area contributed by atoms with Crippen molar-refractivity contribution in [2.45, 2.75) is 31.8 Å². The summed E-state index contributed by atoms with van der Waals surface area (Å²) in [7, 11) is 0. The van der Waals surface area contributed by atoms with Crippen molar-refractivity contribution >= 4 is 12.0 Å². The minimum atomic E-state index is -1.03. The Morgan fingerprint density at radius 1 is 1.35 bits per heavy atom. The van der Waals surface area contributed by atoms with Crippen molar-refractivity contribution < 1.29 is 14.7 Å². The molecule has 0 saturated heterocycles. The van der Waals surface area contributed by atoms with Gasteiger partial charge < -0.3 is 20.3 Å². The molecule has 7 heteroatoms. The number of nitrogens with two attached hydrogens (primary N) is 1. The van der Waals surface area contributed by atoms with Gasteiger partial charge in [-0.15, -0.1) is 0 Å². The quantitative estimate of drug-likeness (QED) is 0.831. The van der Waals surface area contributed by atoms with Crippen molar-refractivity contribution in [3.63, 3.8) is 0 Å². The van der Waals surface area contributed by atoms with Gasteiger partial charge in [-0.3, -0.25) is 4.79 Å². The van der Waals surface area contributed by atoms with E-state index in [1.54, 1.807) is 0 Å². The predicted molar refractivity (Wildman–Crippen MR) is 68.1 cm³/mol. The van der Waals surface area contributed by atoms with Crippen molar-refractivity contribution in [1.29, 1.82) is 5.26 Å². The van der Waals surface area contributed by atoms with E-state index in [9.17, 15) is 14.9 Å². The average Bonchev–Trinajstić information content (AvgIpc) is 3.18. The van der Waals surface area contributed by atoms with Crippen molar-refractivity contribution in [1.82, 2.24) is 9.47 Å². The predicted octanol–water partition coefficient (Wildman–Crippen LogP) is 0.830. The first kappa shape index (κ1) is 12.5. The standard InChI is InChI=1S/C13H14N4O3/c14-5-8-10(12(15)18)9-6-16(13(19)20)3-4-17(9)11(8)7-1-2-7/h7H,1-4,6H2,(H2,15,18)(H,19,20). The van der Waals surface area contributed by atoms with Crippen LogP contribution in [0.5, 0.6) is 0 Å². The highest BCUT2D eigenvalue weighted by atomic mass is 16.4. The summed E-state index contributed by atoms with van der Waals surface area (Å²) in [5.74, 6) is -0.364. The second kappa shape index (κ2) is 4.27. The molecular formula is C13H14N4O3. The lowest BCUT2D eigenvalue weighted by Crippen LogP contribution is -2.38. The summed E-state index contributed by atoms with van der Waals surface area (Å²) in [6.45, 7) is 0.935. The second-order valence-corrected chi connectivity index (χ2v) is 5.19. The number of carboxylic acid groups (broad SMARTS) is 1. The number of nitriles is 1. The maximum absolute atomic E-state index is 11.7. The molecule has 1 fully saturated rings. The molecule has 2 heterocycles. The van der Waals surface area contributed by atoms with E-state index in [1.807, 2.05) is 4.57 Å². The Bertz CT molecular complexity index is 652. The molecule has 0 radical (unpaired) electrons. The molecule has 2 amide bonds. The van der Waals surface area contributed by atoms with Gasteiger partial charge in [0.05, 0.1) is 23.4 Å². The maximum Gasteiger partial charge on any atom is 0.407 e. The summed E-state index contributed by atoms with van der Waals surface area (Å²) in [6, 6.07) is 2.08. The molecule has 1 aliphatic carbocycles. The highest BCUT2D eigenvalue weighted by Crippen LogP contribution is 2.44. The van der Waals surface area contributed by atoms with Gasteiger partial charge in [0.15, 0.2) is 0 Å². The maximum atomic E-state index is 11.7. The largest absolute Gasteiger partial charge is 0.465 e. The fraction of sp³-hybridized carbons (Fsp3) is 0.462. The Labute approximate surface area is 115 Å². The minimum absolute atomic E-state index is 0.106. The molecule has 1 aromatic rings. The Balaban J connectivity index is 2.17. The zero-order valence-corrected chi connectivity index (χ0v) is 10.8. The van der Waals surface area contributed by atoms with Crippen LogP contribution in [-0.4, -0.2) is 33.1 Å². The molecule has 3 rings (SSSR count). The number of hydrogen-bond donors (Lipinski definition) is 2. The van der Waals surface area contributed by atoms with Gasteiger partial charge in [-0.1, -0.05) is 0 Å². The fourth-order valence-corrected chi connectivity index (χ4v) is 2.91. The molecule has 104 valence electrons. The van der Waals surface area contributed by atoms with Crippen LogP contribution in [0.3, 0.4) is 0 Å². The SMILES string of the molecule is N#Cc1c(C(N)=O)c2n(c1C1CC1)CCN(C(=O)O)C2. The van der Waals surface area contributed by atoms with E-state index in [2.05, 4.69) is 6.07 Å². The molecule has 0 bridgehead atoms. The second-order valence-electron chi connectivity index (χ2n) is 5.19. The Kier molecular flexibility index (Phi) is 2.67. The summed E-state index contributed by atoms with van der Waals surface area (Å²) in [4.78, 5) is 24.0. The topological polar surface area (TPSA) is 112 Å². The van der Waals surface area contributed by atoms with Crippen LogP contribution >= 0.6 is 0 Å². The van der Waals surface area contributed by atoms with Crippen LogP contribution in [0.15, 0.2) is 0 Å². The smallest absolute Gasteiger partial charge is 0.407 e. The Morgan fingerprint density at radius 3 is 2.55 bits per heavy atom. The highest BCUT2D eigenvalue weighted by molar-refractivity contribution is 5.97. The molecule has 1 saturated carbocycles. The molecule has 3 N–H and O–H groups in total. The van der Waals surface area contributed by atoms with E-state index >= 15 is 0 Å². The number of carbonyl (C=O) groups excluding carboxylic acids is 1. The Morgan fingerprint density at radius 2 is 2.05 bits per heavy atom. The molecule has 0 aromatic carbocycles. The summed E-state index contributed by atoms with van der Waals surface area (Å²) >= 11 is 0. The van der Waals surface area contributed by atoms with Crippen LogP contribution in [0.1, 0.15) is 46.1 Å². The van der Waals surface area contributed by atoms with Gasteiger partial charge in [-0.05, 0) is 12.8 Å². The number of carbonyl (C=O) groups is 2. The third-order valence-corrected chi connectivity index (χ3v) is 3.94. The molecule has 0 unspecified atom stereocenters. The normalized spacial score (nSPS) is 17.4. The summed E-state index contributed by atoms with van der Waals surface area (Å²) < 4.78 is 1.93. The van der Waals surface area contributed by atoms with Gasteiger partial charge >= 0.3 is 6.09 Å². The molecule has 20 heavy (non-hydrogen) atoms. The van der Waals surface area contributed by atoms with Crippen LogP contribution in [0.25, 0.3) is 0 Å². The van der Waals surface area contributed by atoms with E-state index in [0.29, 0.717) is 30.3 Å². The van der Waals surface area contributed by atoms with Gasteiger partial charge in [-0.25, -0.2) is 4.79 Å². The molecular weight excluding hydrogens is 260 g/mol. The monoisotopic (exact) mass is 274 g/mol. The van der Waals surface area contributed by atoms with E-state index in [4.69, 9.17) is 10.8 Å². The van der Waals surface area contributed by atoms with Gasteiger partial charge in [0.2, 0.25) is 0 Å². The lowest BCUT2D eigenvalue weighted by atomic mass is 10.1. The minimum Gasteiger partial charge on any atom is -0.465 e. The molecule has 7 nitrogen and oxygen atoms in total. The van der Waals surface area contributed by atoms with E-state index in [-0.39, 0.29) is 12.1 Å². The average molecular weight is 274 g/mol. The lowest BCUT2D eigenvalue weighted by Gasteiger charge is -2.27. The molecule has 1 aromatic heterocycles. The van der Waals surface area contributed by atoms with Crippen molar-refractivity contribution in [3.05, 3.63) is 22.5 Å². The third-order valence-electron chi connectivity index (χ3n) is 3.94. The van der Waals surface area contributed by atoms with E-state index < -0.39 is 12.0 Å². The van der Waals surface area contributed by atoms with Crippen LogP contribution in [0.4, 0.5) is 4.79 Å². The van der Waals surface area contributed by atoms with Gasteiger partial charge in [0.25, 0.3) is 5.91 Å². The van der Waals surface area contributed by atoms with Crippen molar-refractivity contribution in [3.8, 4) is 6.07 Å². The number of fused-ring (bicyclic) bond motifs is 1. The first-order chi connectivity index (χ1) is 9.54. The molecule has 1 aliphatic heterocycles. The Hall–Kier alpha value is -2.49. The summed E-state index contributed by atoms with van der Waals surface area (Å²) in [5, 5.41) is 18.4. The van der Waals surface area contributed by atoms with Crippen molar-refractivity contribution in [2.24, 2.45) is 5.73 Å². The van der Waals surface area contributed by atoms with Gasteiger partial charge in [-0.2, -0.15) is 5.26 Å². The zero-order valence-electron chi connectivity index (χ0n) is 10.8. The molecule has 0 spiro atoms. The number of rotatable bonds is 2. The summed E-state index contributed by atoms with van der Waals surface area (Å²) in [5.41, 5.74) is 7.35. The first-order valence-electron chi connectivity index (χ1n) is 6.47. The van der Waals surface area contributed by atoms with Crippen LogP contribution < -0.4 is 5.73 Å². The fourth-order valence-electron chi connectivity index (χ4n) is 2.91. The van der Waals surface area contributed by atoms with Crippen LogP contribution in [-0.2, 0) is 13.1 Å². The molecule has 0 atom stereocenters. The zero-order chi connectivity index (χ0) is 14.4. The first-order valence-corrected chi connectivity index (χ1v) is 6.47. The highest BCUT2D eigenvalue weighted by Gasteiger charge is 2.37. The number of primary amides is 1. The lowest BCUT2D eigenvalue weighted by molar-refractivity contribution is 0.0993. The number of hydrogen-bond acceptors (Lipinski definition) is 3. The third kappa shape index (κ3) is 1.72. The number of aromatic nitrogens is 1. The van der Waals surface area contributed by atoms with Gasteiger partial charge in [0.1, 0.15) is 6.07 Å². The summed E-state index contributed by atoms with van der Waals surface area (Å²) in [6.07, 6.45) is 0.970. The number of amides is 2. The molecule has 2 aliphatic rings. The van der Waals surface area contributed by atoms with E-state index in [1.165, 1.54) is 4.90 Å².